The zero-order valence-corrected chi connectivity index (χ0v) is 19.8. The Bertz CT molecular complexity index is 1270. The Kier molecular flexibility index (Phi) is 6.36. The molecule has 0 spiro atoms. The van der Waals surface area contributed by atoms with Gasteiger partial charge in [-0.05, 0) is 31.2 Å². The number of thioether (sulfide) groups is 1. The van der Waals surface area contributed by atoms with E-state index in [-0.39, 0.29) is 17.9 Å². The van der Waals surface area contributed by atoms with Crippen molar-refractivity contribution in [3.63, 3.8) is 0 Å². The number of hydrogen-bond acceptors (Lipinski definition) is 9. The van der Waals surface area contributed by atoms with Crippen LogP contribution in [0.3, 0.4) is 0 Å². The number of nitrogens with zero attached hydrogens (tertiary/aromatic N) is 3. The average Bonchev–Trinajstić information content (AvgIpc) is 3.52. The third kappa shape index (κ3) is 4.56. The summed E-state index contributed by atoms with van der Waals surface area (Å²) in [6.07, 6.45) is 1.06. The van der Waals surface area contributed by atoms with Crippen LogP contribution in [0.25, 0.3) is 0 Å². The number of esters is 1. The fourth-order valence-corrected chi connectivity index (χ4v) is 4.75. The van der Waals surface area contributed by atoms with E-state index in [4.69, 9.17) is 18.6 Å². The number of furan rings is 1. The van der Waals surface area contributed by atoms with Crippen LogP contribution in [0.4, 0.5) is 4.79 Å². The highest BCUT2D eigenvalue weighted by atomic mass is 32.2. The molecule has 3 aromatic rings. The van der Waals surface area contributed by atoms with Gasteiger partial charge in [-0.25, -0.2) is 9.59 Å². The molecule has 2 amide bonds. The molecule has 4 heterocycles. The Hall–Kier alpha value is -3.93. The number of hydrogen-bond donors (Lipinski definition) is 2. The van der Waals surface area contributed by atoms with Crippen molar-refractivity contribution in [1.82, 2.24) is 25.4 Å². The number of nitrogens with one attached hydrogen (secondary N) is 2. The van der Waals surface area contributed by atoms with Gasteiger partial charge in [-0.15, -0.1) is 10.2 Å². The number of para-hydroxylation sites is 2. The predicted octanol–water partition coefficient (Wildman–Crippen LogP) is 2.88. The highest BCUT2D eigenvalue weighted by molar-refractivity contribution is 7.99. The minimum absolute atomic E-state index is 0.195. The van der Waals surface area contributed by atoms with Crippen molar-refractivity contribution in [2.75, 3.05) is 19.0 Å². The van der Waals surface area contributed by atoms with Crippen molar-refractivity contribution in [1.29, 1.82) is 0 Å². The number of carbonyl (C=O) groups excluding carboxylic acids is 2. The van der Waals surface area contributed by atoms with Gasteiger partial charge in [0.05, 0.1) is 18.4 Å². The number of aromatic nitrogens is 3. The van der Waals surface area contributed by atoms with Crippen LogP contribution in [0.2, 0.25) is 0 Å². The highest BCUT2D eigenvalue weighted by Crippen LogP contribution is 2.36. The van der Waals surface area contributed by atoms with Crippen LogP contribution in [0.15, 0.2) is 63.5 Å². The number of ether oxygens (including phenoxy) is 3. The monoisotopic (exact) mass is 497 g/mol. The number of amides is 2. The summed E-state index contributed by atoms with van der Waals surface area (Å²) in [6, 6.07) is 9.62. The van der Waals surface area contributed by atoms with Crippen molar-refractivity contribution in [2.24, 2.45) is 7.05 Å². The van der Waals surface area contributed by atoms with Gasteiger partial charge in [0, 0.05) is 18.5 Å². The second-order valence-corrected chi connectivity index (χ2v) is 8.65. The first kappa shape index (κ1) is 22.8. The zero-order valence-electron chi connectivity index (χ0n) is 19.0. The molecule has 0 bridgehead atoms. The lowest BCUT2D eigenvalue weighted by Crippen LogP contribution is -2.46. The van der Waals surface area contributed by atoms with Gasteiger partial charge in [-0.2, -0.15) is 0 Å². The number of benzene rings is 1. The number of carbonyl (C=O) groups is 2. The maximum atomic E-state index is 12.8. The van der Waals surface area contributed by atoms with Gasteiger partial charge in [0.25, 0.3) is 0 Å². The first-order chi connectivity index (χ1) is 17.0. The lowest BCUT2D eigenvalue weighted by molar-refractivity contribution is -0.139. The van der Waals surface area contributed by atoms with E-state index in [0.717, 1.165) is 0 Å². The molecular weight excluding hydrogens is 474 g/mol. The lowest BCUT2D eigenvalue weighted by Gasteiger charge is -2.27. The minimum Gasteiger partial charge on any atom is -0.485 e. The highest BCUT2D eigenvalue weighted by Gasteiger charge is 2.35. The Labute approximate surface area is 204 Å². The van der Waals surface area contributed by atoms with Gasteiger partial charge in [0.2, 0.25) is 0 Å². The van der Waals surface area contributed by atoms with Gasteiger partial charge in [-0.1, -0.05) is 23.9 Å². The number of fused-ring (bicyclic) bond motifs is 1. The Morgan fingerprint density at radius 1 is 1.23 bits per heavy atom. The molecule has 0 fully saturated rings. The average molecular weight is 498 g/mol. The van der Waals surface area contributed by atoms with E-state index in [2.05, 4.69) is 20.8 Å². The van der Waals surface area contributed by atoms with Crippen LogP contribution in [-0.2, 0) is 16.6 Å². The van der Waals surface area contributed by atoms with E-state index in [1.54, 1.807) is 19.1 Å². The molecule has 0 aliphatic carbocycles. The molecular formula is C23H23N5O6S. The molecule has 0 saturated heterocycles. The quantitative estimate of drug-likeness (QED) is 0.374. The summed E-state index contributed by atoms with van der Waals surface area (Å²) in [5.41, 5.74) is 0.686. The van der Waals surface area contributed by atoms with Gasteiger partial charge < -0.3 is 33.8 Å². The topological polar surface area (TPSA) is 130 Å². The van der Waals surface area contributed by atoms with Crippen LogP contribution in [0, 0.1) is 0 Å². The summed E-state index contributed by atoms with van der Waals surface area (Å²) < 4.78 is 24.4. The Morgan fingerprint density at radius 3 is 2.83 bits per heavy atom. The van der Waals surface area contributed by atoms with Crippen LogP contribution in [-0.4, -0.2) is 45.7 Å². The Morgan fingerprint density at radius 2 is 2.06 bits per heavy atom. The molecule has 2 N–H and O–H groups in total. The number of urea groups is 1. The smallest absolute Gasteiger partial charge is 0.338 e. The van der Waals surface area contributed by atoms with E-state index in [9.17, 15) is 9.59 Å². The van der Waals surface area contributed by atoms with Crippen molar-refractivity contribution < 1.29 is 28.2 Å². The fourth-order valence-electron chi connectivity index (χ4n) is 3.87. The van der Waals surface area contributed by atoms with E-state index in [1.807, 2.05) is 35.9 Å². The normalized spacial score (nSPS) is 19.2. The molecule has 2 aromatic heterocycles. The van der Waals surface area contributed by atoms with Gasteiger partial charge >= 0.3 is 12.0 Å². The molecule has 2 aliphatic rings. The van der Waals surface area contributed by atoms with Crippen molar-refractivity contribution in [3.8, 4) is 11.5 Å². The zero-order chi connectivity index (χ0) is 24.4. The Balaban J connectivity index is 1.38. The fraction of sp³-hybridized carbons (Fsp3) is 0.304. The molecule has 12 heteroatoms. The van der Waals surface area contributed by atoms with Crippen LogP contribution < -0.4 is 20.1 Å². The molecule has 0 unspecified atom stereocenters. The SMILES string of the molecule is CCOC(=O)C1=C(CSc2nnc([C@@H]3COc4ccccc4O3)n2C)NC(=O)N[C@H]1c1ccco1. The predicted molar refractivity (Wildman–Crippen MR) is 124 cm³/mol. The largest absolute Gasteiger partial charge is 0.485 e. The molecule has 11 nitrogen and oxygen atoms in total. The van der Waals surface area contributed by atoms with Gasteiger partial charge in [0.15, 0.2) is 28.6 Å². The molecule has 0 saturated carbocycles. The molecule has 2 aliphatic heterocycles. The molecule has 35 heavy (non-hydrogen) atoms. The van der Waals surface area contributed by atoms with E-state index in [1.165, 1.54) is 18.0 Å². The summed E-state index contributed by atoms with van der Waals surface area (Å²) in [5.74, 6) is 2.07. The van der Waals surface area contributed by atoms with Crippen LogP contribution >= 0.6 is 11.8 Å². The maximum Gasteiger partial charge on any atom is 0.338 e. The van der Waals surface area contributed by atoms with Crippen molar-refractivity contribution in [3.05, 3.63) is 65.5 Å². The first-order valence-electron chi connectivity index (χ1n) is 11.0. The molecule has 2 atom stereocenters. The molecule has 0 radical (unpaired) electrons. The molecule has 182 valence electrons. The van der Waals surface area contributed by atoms with Crippen LogP contribution in [0.1, 0.15) is 30.7 Å². The minimum atomic E-state index is -0.767. The summed E-state index contributed by atoms with van der Waals surface area (Å²) in [7, 11) is 1.83. The van der Waals surface area contributed by atoms with Crippen molar-refractivity contribution in [2.45, 2.75) is 24.2 Å². The molecule has 1 aromatic carbocycles. The van der Waals surface area contributed by atoms with Crippen LogP contribution in [0.5, 0.6) is 11.5 Å². The van der Waals surface area contributed by atoms with E-state index >= 15 is 0 Å². The number of rotatable bonds is 7. The second-order valence-electron chi connectivity index (χ2n) is 7.71. The second kappa shape index (κ2) is 9.74. The molecule has 5 rings (SSSR count). The lowest BCUT2D eigenvalue weighted by atomic mass is 10.0. The standard InChI is InChI=1S/C23H23N5O6S/c1-3-31-21(29)18-13(24-22(30)25-19(18)16-9-6-10-32-16)12-35-23-27-26-20(28(23)2)17-11-33-14-7-4-5-8-15(14)34-17/h4-10,17,19H,3,11-12H2,1-2H3,(H2,24,25,30)/t17-,19-/m0/s1. The summed E-state index contributed by atoms with van der Waals surface area (Å²) in [6.45, 7) is 2.22. The summed E-state index contributed by atoms with van der Waals surface area (Å²) in [4.78, 5) is 25.2. The third-order valence-corrected chi connectivity index (χ3v) is 6.53. The van der Waals surface area contributed by atoms with Gasteiger partial charge in [-0.3, -0.25) is 0 Å². The summed E-state index contributed by atoms with van der Waals surface area (Å²) >= 11 is 1.32. The first-order valence-corrected chi connectivity index (χ1v) is 11.9. The summed E-state index contributed by atoms with van der Waals surface area (Å²) in [5, 5.41) is 14.6. The third-order valence-electron chi connectivity index (χ3n) is 5.49. The van der Waals surface area contributed by atoms with Gasteiger partial charge in [0.1, 0.15) is 18.4 Å². The van der Waals surface area contributed by atoms with Crippen molar-refractivity contribution >= 4 is 23.8 Å². The van der Waals surface area contributed by atoms with E-state index in [0.29, 0.717) is 40.5 Å². The van der Waals surface area contributed by atoms with E-state index < -0.39 is 24.1 Å². The maximum absolute atomic E-state index is 12.8.